The maximum Gasteiger partial charge on any atom is 0.323 e. The Bertz CT molecular complexity index is 231. The zero-order valence-corrected chi connectivity index (χ0v) is 10.0. The lowest BCUT2D eigenvalue weighted by molar-refractivity contribution is -0.138. The van der Waals surface area contributed by atoms with E-state index in [2.05, 4.69) is 5.32 Å². The van der Waals surface area contributed by atoms with Gasteiger partial charge in [-0.3, -0.25) is 4.79 Å². The van der Waals surface area contributed by atoms with Crippen molar-refractivity contribution in [1.29, 1.82) is 0 Å². The molecule has 0 heterocycles. The molecule has 2 amide bonds. The molecule has 0 saturated heterocycles. The lowest BCUT2D eigenvalue weighted by Gasteiger charge is -2.25. The lowest BCUT2D eigenvalue weighted by Crippen LogP contribution is -2.47. The summed E-state index contributed by atoms with van der Waals surface area (Å²) in [4.78, 5) is 23.4. The molecule has 0 spiro atoms. The van der Waals surface area contributed by atoms with Crippen LogP contribution in [0.4, 0.5) is 4.79 Å². The Hall–Kier alpha value is -1.30. The van der Waals surface area contributed by atoms with Crippen LogP contribution in [0.2, 0.25) is 0 Å². The van der Waals surface area contributed by atoms with Crippen LogP contribution in [-0.2, 0) is 9.53 Å². The van der Waals surface area contributed by atoms with Gasteiger partial charge in [0.15, 0.2) is 0 Å². The molecule has 6 nitrogen and oxygen atoms in total. The third kappa shape index (κ3) is 6.23. The summed E-state index contributed by atoms with van der Waals surface area (Å²) in [6.45, 7) is 6.52. The number of hydrogen-bond acceptors (Lipinski definition) is 3. The first-order valence-electron chi connectivity index (χ1n) is 5.33. The molecular weight excluding hydrogens is 212 g/mol. The fraction of sp³-hybridized carbons (Fsp3) is 0.800. The number of carbonyl (C=O) groups excluding carboxylic acids is 1. The maximum absolute atomic E-state index is 11.6. The molecule has 0 aromatic heterocycles. The fourth-order valence-electron chi connectivity index (χ4n) is 1.11. The first-order chi connectivity index (χ1) is 7.49. The quantitative estimate of drug-likeness (QED) is 0.627. The van der Waals surface area contributed by atoms with E-state index in [-0.39, 0.29) is 18.6 Å². The van der Waals surface area contributed by atoms with Gasteiger partial charge in [-0.25, -0.2) is 4.79 Å². The highest BCUT2D eigenvalue weighted by Crippen LogP contribution is 1.98. The molecule has 0 aromatic carbocycles. The summed E-state index contributed by atoms with van der Waals surface area (Å²) < 4.78 is 5.06. The van der Waals surface area contributed by atoms with Crippen molar-refractivity contribution >= 4 is 12.0 Å². The van der Waals surface area contributed by atoms with Crippen LogP contribution >= 0.6 is 0 Å². The van der Waals surface area contributed by atoms with Crippen LogP contribution in [0.1, 0.15) is 20.8 Å². The SMILES string of the molecule is CCOCCNC(=O)N(CC(=O)O)C(C)C. The first-order valence-corrected chi connectivity index (χ1v) is 5.33. The van der Waals surface area contributed by atoms with Gasteiger partial charge in [-0.1, -0.05) is 0 Å². The smallest absolute Gasteiger partial charge is 0.323 e. The van der Waals surface area contributed by atoms with Gasteiger partial charge in [0.05, 0.1) is 6.61 Å². The van der Waals surface area contributed by atoms with Gasteiger partial charge in [0.25, 0.3) is 0 Å². The lowest BCUT2D eigenvalue weighted by atomic mass is 10.3. The minimum absolute atomic E-state index is 0.150. The van der Waals surface area contributed by atoms with Crippen LogP contribution < -0.4 is 5.32 Å². The monoisotopic (exact) mass is 232 g/mol. The Balaban J connectivity index is 4.02. The van der Waals surface area contributed by atoms with Crippen molar-refractivity contribution in [2.75, 3.05) is 26.3 Å². The van der Waals surface area contributed by atoms with Crippen molar-refractivity contribution in [3.05, 3.63) is 0 Å². The van der Waals surface area contributed by atoms with Crippen LogP contribution in [0.3, 0.4) is 0 Å². The van der Waals surface area contributed by atoms with Crippen molar-refractivity contribution in [3.8, 4) is 0 Å². The van der Waals surface area contributed by atoms with Crippen LogP contribution in [-0.4, -0.2) is 54.4 Å². The van der Waals surface area contributed by atoms with Gasteiger partial charge >= 0.3 is 12.0 Å². The number of carboxylic acid groups (broad SMARTS) is 1. The number of aliphatic carboxylic acids is 1. The standard InChI is InChI=1S/C10H20N2O4/c1-4-16-6-5-11-10(15)12(8(2)3)7-9(13)14/h8H,4-7H2,1-3H3,(H,11,15)(H,13,14). The predicted octanol–water partition coefficient (Wildman–Crippen LogP) is 0.527. The van der Waals surface area contributed by atoms with E-state index in [0.717, 1.165) is 0 Å². The van der Waals surface area contributed by atoms with Crippen LogP contribution in [0, 0.1) is 0 Å². The molecule has 94 valence electrons. The third-order valence-corrected chi connectivity index (χ3v) is 1.92. The molecule has 0 aromatic rings. The van der Waals surface area contributed by atoms with Crippen LogP contribution in [0.15, 0.2) is 0 Å². The number of hydrogen-bond donors (Lipinski definition) is 2. The Morgan fingerprint density at radius 1 is 1.44 bits per heavy atom. The number of carbonyl (C=O) groups is 2. The second-order valence-corrected chi connectivity index (χ2v) is 3.54. The topological polar surface area (TPSA) is 78.9 Å². The second kappa shape index (κ2) is 7.92. The molecule has 0 aliphatic rings. The van der Waals surface area contributed by atoms with E-state index in [1.54, 1.807) is 13.8 Å². The van der Waals surface area contributed by atoms with Gasteiger partial charge in [0.1, 0.15) is 6.54 Å². The highest BCUT2D eigenvalue weighted by atomic mass is 16.5. The normalized spacial score (nSPS) is 10.2. The van der Waals surface area contributed by atoms with E-state index in [1.165, 1.54) is 4.90 Å². The van der Waals surface area contributed by atoms with Crippen molar-refractivity contribution in [3.63, 3.8) is 0 Å². The van der Waals surface area contributed by atoms with Gasteiger partial charge in [-0.15, -0.1) is 0 Å². The van der Waals surface area contributed by atoms with E-state index >= 15 is 0 Å². The molecule has 0 bridgehead atoms. The summed E-state index contributed by atoms with van der Waals surface area (Å²) >= 11 is 0. The summed E-state index contributed by atoms with van der Waals surface area (Å²) in [6.07, 6.45) is 0. The molecule has 0 unspecified atom stereocenters. The number of rotatable bonds is 7. The number of nitrogens with zero attached hydrogens (tertiary/aromatic N) is 1. The Labute approximate surface area is 95.6 Å². The van der Waals surface area contributed by atoms with Crippen molar-refractivity contribution in [1.82, 2.24) is 10.2 Å². The van der Waals surface area contributed by atoms with E-state index in [1.807, 2.05) is 6.92 Å². The van der Waals surface area contributed by atoms with E-state index < -0.39 is 5.97 Å². The average molecular weight is 232 g/mol. The Morgan fingerprint density at radius 3 is 2.50 bits per heavy atom. The molecule has 2 N–H and O–H groups in total. The molecule has 6 heteroatoms. The largest absolute Gasteiger partial charge is 0.480 e. The summed E-state index contributed by atoms with van der Waals surface area (Å²) in [7, 11) is 0. The number of ether oxygens (including phenoxy) is 1. The fourth-order valence-corrected chi connectivity index (χ4v) is 1.11. The molecule has 0 rings (SSSR count). The minimum Gasteiger partial charge on any atom is -0.480 e. The zero-order valence-electron chi connectivity index (χ0n) is 10.0. The molecular formula is C10H20N2O4. The second-order valence-electron chi connectivity index (χ2n) is 3.54. The summed E-state index contributed by atoms with van der Waals surface area (Å²) in [6, 6.07) is -0.528. The molecule has 0 aliphatic carbocycles. The van der Waals surface area contributed by atoms with Crippen molar-refractivity contribution in [2.45, 2.75) is 26.8 Å². The highest BCUT2D eigenvalue weighted by molar-refractivity contribution is 5.80. The molecule has 0 saturated carbocycles. The third-order valence-electron chi connectivity index (χ3n) is 1.92. The Kier molecular flexibility index (Phi) is 7.28. The van der Waals surface area contributed by atoms with Gasteiger partial charge in [-0.2, -0.15) is 0 Å². The van der Waals surface area contributed by atoms with E-state index in [0.29, 0.717) is 19.8 Å². The highest BCUT2D eigenvalue weighted by Gasteiger charge is 2.18. The molecule has 16 heavy (non-hydrogen) atoms. The molecule has 0 aliphatic heterocycles. The molecule has 0 fully saturated rings. The Morgan fingerprint density at radius 2 is 2.06 bits per heavy atom. The number of urea groups is 1. The van der Waals surface area contributed by atoms with Gasteiger partial charge in [0, 0.05) is 19.2 Å². The van der Waals surface area contributed by atoms with E-state index in [9.17, 15) is 9.59 Å². The molecule has 0 atom stereocenters. The zero-order chi connectivity index (χ0) is 12.6. The minimum atomic E-state index is -1.02. The van der Waals surface area contributed by atoms with E-state index in [4.69, 9.17) is 9.84 Å². The van der Waals surface area contributed by atoms with Crippen molar-refractivity contribution in [2.24, 2.45) is 0 Å². The summed E-state index contributed by atoms with van der Waals surface area (Å²) in [5, 5.41) is 11.2. The predicted molar refractivity (Wildman–Crippen MR) is 59.4 cm³/mol. The van der Waals surface area contributed by atoms with Crippen LogP contribution in [0.25, 0.3) is 0 Å². The first kappa shape index (κ1) is 14.7. The van der Waals surface area contributed by atoms with Crippen molar-refractivity contribution < 1.29 is 19.4 Å². The number of nitrogens with one attached hydrogen (secondary N) is 1. The molecule has 0 radical (unpaired) electrons. The number of carboxylic acids is 1. The number of amides is 2. The maximum atomic E-state index is 11.6. The van der Waals surface area contributed by atoms with Gasteiger partial charge < -0.3 is 20.1 Å². The van der Waals surface area contributed by atoms with Gasteiger partial charge in [-0.05, 0) is 20.8 Å². The summed E-state index contributed by atoms with van der Waals surface area (Å²) in [5.41, 5.74) is 0. The van der Waals surface area contributed by atoms with Crippen LogP contribution in [0.5, 0.6) is 0 Å². The summed E-state index contributed by atoms with van der Waals surface area (Å²) in [5.74, 6) is -1.02. The average Bonchev–Trinajstić information content (AvgIpc) is 2.20. The van der Waals surface area contributed by atoms with Gasteiger partial charge in [0.2, 0.25) is 0 Å².